The van der Waals surface area contributed by atoms with Gasteiger partial charge in [-0.3, -0.25) is 0 Å². The summed E-state index contributed by atoms with van der Waals surface area (Å²) in [6.07, 6.45) is 0. The van der Waals surface area contributed by atoms with Gasteiger partial charge in [-0.25, -0.2) is 0 Å². The lowest BCUT2D eigenvalue weighted by molar-refractivity contribution is 0.464. The minimum Gasteiger partial charge on any atom is -0.458 e. The molecule has 0 atom stereocenters. The summed E-state index contributed by atoms with van der Waals surface area (Å²) in [5, 5.41) is 4.72. The molecule has 0 saturated heterocycles. The molecule has 1 aromatic heterocycles. The lowest BCUT2D eigenvalue weighted by Gasteiger charge is -2.33. The van der Waals surface area contributed by atoms with Crippen LogP contribution in [0.25, 0.3) is 38.3 Å². The van der Waals surface area contributed by atoms with Crippen LogP contribution in [-0.2, 0) is 0 Å². The molecule has 244 valence electrons. The van der Waals surface area contributed by atoms with Crippen molar-refractivity contribution in [3.05, 3.63) is 175 Å². The number of nitrogens with zero attached hydrogens (tertiary/aromatic N) is 2. The molecule has 8 aromatic carbocycles. The van der Waals surface area contributed by atoms with Crippen molar-refractivity contribution in [2.75, 3.05) is 4.90 Å². The van der Waals surface area contributed by atoms with Gasteiger partial charge in [-0.05, 0) is 125 Å². The van der Waals surface area contributed by atoms with Crippen LogP contribution in [-0.4, -0.2) is 11.3 Å². The molecule has 0 aliphatic carbocycles. The number of para-hydroxylation sites is 4. The average Bonchev–Trinajstić information content (AvgIpc) is 3.49. The lowest BCUT2D eigenvalue weighted by atomic mass is 9.35. The molecule has 2 aliphatic rings. The van der Waals surface area contributed by atoms with E-state index in [9.17, 15) is 0 Å². The van der Waals surface area contributed by atoms with Gasteiger partial charge in [0.05, 0.1) is 11.0 Å². The Hall–Kier alpha value is -6.72. The molecule has 0 fully saturated rings. The van der Waals surface area contributed by atoms with Crippen LogP contribution in [0.4, 0.5) is 17.1 Å². The predicted molar refractivity (Wildman–Crippen MR) is 215 cm³/mol. The van der Waals surface area contributed by atoms with E-state index in [1.807, 2.05) is 6.07 Å². The summed E-state index contributed by atoms with van der Waals surface area (Å²) in [4.78, 5) is 2.32. The van der Waals surface area contributed by atoms with Gasteiger partial charge in [0, 0.05) is 39.0 Å². The van der Waals surface area contributed by atoms with E-state index < -0.39 is 0 Å². The summed E-state index contributed by atoms with van der Waals surface area (Å²) in [7, 11) is 0. The van der Waals surface area contributed by atoms with Gasteiger partial charge in [-0.1, -0.05) is 78.9 Å². The molecule has 11 rings (SSSR count). The first-order valence-electron chi connectivity index (χ1n) is 17.8. The molecule has 0 radical (unpaired) electrons. The number of aromatic nitrogens is 1. The fourth-order valence-electron chi connectivity index (χ4n) is 8.41. The molecule has 0 unspecified atom stereocenters. The molecular formula is C47H31BN2O2. The van der Waals surface area contributed by atoms with Crippen LogP contribution in [0.1, 0.15) is 5.56 Å². The van der Waals surface area contributed by atoms with Gasteiger partial charge >= 0.3 is 0 Å². The van der Waals surface area contributed by atoms with E-state index in [1.165, 1.54) is 16.2 Å². The second-order valence-corrected chi connectivity index (χ2v) is 13.8. The van der Waals surface area contributed by atoms with Gasteiger partial charge in [-0.15, -0.1) is 0 Å². The van der Waals surface area contributed by atoms with Gasteiger partial charge in [0.1, 0.15) is 23.0 Å². The highest BCUT2D eigenvalue weighted by Gasteiger charge is 2.40. The topological polar surface area (TPSA) is 26.6 Å². The average molecular weight is 667 g/mol. The molecule has 0 saturated carbocycles. The normalized spacial score (nSPS) is 12.6. The Bertz CT molecular complexity index is 2830. The monoisotopic (exact) mass is 666 g/mol. The van der Waals surface area contributed by atoms with Crippen molar-refractivity contribution < 1.29 is 9.47 Å². The Kier molecular flexibility index (Phi) is 6.23. The third kappa shape index (κ3) is 4.36. The molecule has 0 bridgehead atoms. The maximum Gasteiger partial charge on any atom is 0.260 e. The number of aryl methyl sites for hydroxylation is 1. The summed E-state index contributed by atoms with van der Waals surface area (Å²) in [6.45, 7) is 2.09. The van der Waals surface area contributed by atoms with Crippen molar-refractivity contribution in [3.8, 4) is 28.7 Å². The number of benzene rings is 8. The van der Waals surface area contributed by atoms with Crippen molar-refractivity contribution in [1.82, 2.24) is 4.57 Å². The third-order valence-corrected chi connectivity index (χ3v) is 10.7. The van der Waals surface area contributed by atoms with Gasteiger partial charge < -0.3 is 18.9 Å². The zero-order valence-corrected chi connectivity index (χ0v) is 28.5. The zero-order valence-electron chi connectivity index (χ0n) is 28.5. The highest BCUT2D eigenvalue weighted by molar-refractivity contribution is 6.98. The third-order valence-electron chi connectivity index (χ3n) is 10.7. The van der Waals surface area contributed by atoms with Crippen LogP contribution in [0, 0.1) is 6.92 Å². The first-order valence-corrected chi connectivity index (χ1v) is 17.8. The number of hydrogen-bond donors (Lipinski definition) is 0. The fourth-order valence-corrected chi connectivity index (χ4v) is 8.41. The second kappa shape index (κ2) is 11.1. The SMILES string of the molecule is Cc1cc2c3c(c1)Oc1cc4c5cc6ccc(N(c7ccccc7)c7ccccc7)cc6cc5n(-c5ccccc5)c4cc1B3c1ccccc1O2. The van der Waals surface area contributed by atoms with Gasteiger partial charge in [0.15, 0.2) is 0 Å². The number of anilines is 3. The zero-order chi connectivity index (χ0) is 34.3. The van der Waals surface area contributed by atoms with Gasteiger partial charge in [-0.2, -0.15) is 0 Å². The number of ether oxygens (including phenoxy) is 2. The van der Waals surface area contributed by atoms with Crippen molar-refractivity contribution in [2.45, 2.75) is 6.92 Å². The van der Waals surface area contributed by atoms with E-state index in [0.29, 0.717) is 0 Å². The highest BCUT2D eigenvalue weighted by Crippen LogP contribution is 2.42. The van der Waals surface area contributed by atoms with E-state index in [2.05, 4.69) is 180 Å². The van der Waals surface area contributed by atoms with Crippen LogP contribution in [0.5, 0.6) is 23.0 Å². The fraction of sp³-hybridized carbons (Fsp3) is 0.0213. The minimum atomic E-state index is -0.00507. The number of fused-ring (bicyclic) bond motifs is 8. The molecular weight excluding hydrogens is 635 g/mol. The molecule has 2 aliphatic heterocycles. The van der Waals surface area contributed by atoms with Gasteiger partial charge in [0.2, 0.25) is 0 Å². The number of hydrogen-bond acceptors (Lipinski definition) is 3. The smallest absolute Gasteiger partial charge is 0.260 e. The van der Waals surface area contributed by atoms with E-state index >= 15 is 0 Å². The maximum absolute atomic E-state index is 6.81. The van der Waals surface area contributed by atoms with Gasteiger partial charge in [0.25, 0.3) is 6.71 Å². The van der Waals surface area contributed by atoms with Crippen LogP contribution >= 0.6 is 0 Å². The molecule has 0 spiro atoms. The first kappa shape index (κ1) is 29.1. The summed E-state index contributed by atoms with van der Waals surface area (Å²) in [5.41, 5.74) is 11.3. The minimum absolute atomic E-state index is 0.00507. The standard InChI is InChI=1S/C47H31BN2O2/c1-30-23-45-47-46(24-30)52-44-28-38-37-26-31-21-22-36(49(33-13-5-2-6-14-33)34-15-7-3-8-16-34)25-32(31)27-41(37)50(35-17-9-4-10-18-35)42(38)29-40(44)48(47)39-19-11-12-20-43(39)51-45/h2-29H,1H3. The molecule has 3 heterocycles. The Balaban J connectivity index is 1.17. The molecule has 0 amide bonds. The summed E-state index contributed by atoms with van der Waals surface area (Å²) >= 11 is 0. The van der Waals surface area contributed by atoms with E-state index in [4.69, 9.17) is 9.47 Å². The van der Waals surface area contributed by atoms with Crippen molar-refractivity contribution in [1.29, 1.82) is 0 Å². The highest BCUT2D eigenvalue weighted by atomic mass is 16.5. The Morgan fingerprint density at radius 3 is 1.81 bits per heavy atom. The molecule has 52 heavy (non-hydrogen) atoms. The summed E-state index contributed by atoms with van der Waals surface area (Å²) in [6, 6.07) is 60.7. The second-order valence-electron chi connectivity index (χ2n) is 13.8. The Labute approximate surface area is 301 Å². The molecule has 9 aromatic rings. The first-order chi connectivity index (χ1) is 25.7. The van der Waals surface area contributed by atoms with Crippen LogP contribution in [0.3, 0.4) is 0 Å². The van der Waals surface area contributed by atoms with E-state index in [1.54, 1.807) is 0 Å². The van der Waals surface area contributed by atoms with Crippen molar-refractivity contribution >= 4 is 72.7 Å². The largest absolute Gasteiger partial charge is 0.458 e. The quantitative estimate of drug-likeness (QED) is 0.175. The predicted octanol–water partition coefficient (Wildman–Crippen LogP) is 10.4. The lowest BCUT2D eigenvalue weighted by Crippen LogP contribution is -2.57. The van der Waals surface area contributed by atoms with Crippen molar-refractivity contribution in [2.24, 2.45) is 0 Å². The Morgan fingerprint density at radius 1 is 0.462 bits per heavy atom. The maximum atomic E-state index is 6.81. The van der Waals surface area contributed by atoms with Crippen LogP contribution in [0.15, 0.2) is 170 Å². The van der Waals surface area contributed by atoms with Crippen LogP contribution < -0.4 is 30.8 Å². The summed E-state index contributed by atoms with van der Waals surface area (Å²) in [5.74, 6) is 3.53. The van der Waals surface area contributed by atoms with Crippen LogP contribution in [0.2, 0.25) is 0 Å². The number of rotatable bonds is 4. The molecule has 0 N–H and O–H groups in total. The van der Waals surface area contributed by atoms with E-state index in [0.717, 1.165) is 84.1 Å². The molecule has 5 heteroatoms. The molecule has 4 nitrogen and oxygen atoms in total. The van der Waals surface area contributed by atoms with Crippen molar-refractivity contribution in [3.63, 3.8) is 0 Å². The van der Waals surface area contributed by atoms with E-state index in [-0.39, 0.29) is 6.71 Å². The Morgan fingerprint density at radius 2 is 1.08 bits per heavy atom. The summed E-state index contributed by atoms with van der Waals surface area (Å²) < 4.78 is 15.7.